The Bertz CT molecular complexity index is 1040. The summed E-state index contributed by atoms with van der Waals surface area (Å²) in [5.41, 5.74) is 2.17. The Morgan fingerprint density at radius 3 is 2.52 bits per heavy atom. The molecule has 3 heterocycles. The number of nitrogens with zero attached hydrogens (tertiary/aromatic N) is 2. The van der Waals surface area contributed by atoms with Crippen molar-refractivity contribution < 1.29 is 18.3 Å². The summed E-state index contributed by atoms with van der Waals surface area (Å²) in [6.45, 7) is 3.30. The Morgan fingerprint density at radius 1 is 1.14 bits per heavy atom. The summed E-state index contributed by atoms with van der Waals surface area (Å²) in [5.74, 6) is 0.116. The number of amides is 1. The van der Waals surface area contributed by atoms with Crippen LogP contribution < -0.4 is 0 Å². The lowest BCUT2D eigenvalue weighted by atomic mass is 9.99. The number of phenols is 1. The van der Waals surface area contributed by atoms with Crippen LogP contribution in [0.25, 0.3) is 5.57 Å². The highest BCUT2D eigenvalue weighted by molar-refractivity contribution is 7.91. The monoisotopic (exact) mass is 432 g/mol. The van der Waals surface area contributed by atoms with Crippen LogP contribution in [0.3, 0.4) is 0 Å². The molecule has 2 aromatic rings. The van der Waals surface area contributed by atoms with Crippen molar-refractivity contribution in [2.75, 3.05) is 19.6 Å². The number of hydrogen-bond acceptors (Lipinski definition) is 5. The van der Waals surface area contributed by atoms with E-state index in [4.69, 9.17) is 0 Å². The normalized spacial score (nSPS) is 20.7. The van der Waals surface area contributed by atoms with Crippen molar-refractivity contribution in [1.82, 2.24) is 9.21 Å². The molecule has 1 saturated heterocycles. The lowest BCUT2D eigenvalue weighted by molar-refractivity contribution is -0.134. The number of benzene rings is 1. The predicted molar refractivity (Wildman–Crippen MR) is 113 cm³/mol. The molecule has 1 aromatic carbocycles. The van der Waals surface area contributed by atoms with Gasteiger partial charge in [0.25, 0.3) is 10.0 Å². The van der Waals surface area contributed by atoms with E-state index >= 15 is 0 Å². The topological polar surface area (TPSA) is 77.9 Å². The van der Waals surface area contributed by atoms with E-state index in [0.717, 1.165) is 16.0 Å². The lowest BCUT2D eigenvalue weighted by Gasteiger charge is -2.31. The highest BCUT2D eigenvalue weighted by Crippen LogP contribution is 2.32. The van der Waals surface area contributed by atoms with Crippen molar-refractivity contribution >= 4 is 32.8 Å². The molecule has 1 N–H and O–H groups in total. The van der Waals surface area contributed by atoms with Crippen LogP contribution in [0.5, 0.6) is 5.75 Å². The highest BCUT2D eigenvalue weighted by Gasteiger charge is 2.41. The summed E-state index contributed by atoms with van der Waals surface area (Å²) < 4.78 is 27.8. The summed E-state index contributed by atoms with van der Waals surface area (Å²) in [6.07, 6.45) is 3.99. The molecule has 0 bridgehead atoms. The minimum atomic E-state index is -3.64. The number of aromatic hydroxyl groups is 1. The standard InChI is InChI=1S/C21H24N2O4S2/c1-15-4-9-20(28-15)29(26,27)23-12-2-3-19(23)21(25)22-13-10-17(11-14-22)16-5-7-18(24)8-6-16/h4-10,19,24H,2-3,11-14H2,1H3. The molecule has 1 amide bonds. The molecule has 2 aliphatic rings. The van der Waals surface area contributed by atoms with Crippen molar-refractivity contribution in [2.24, 2.45) is 0 Å². The van der Waals surface area contributed by atoms with Gasteiger partial charge in [0.15, 0.2) is 0 Å². The van der Waals surface area contributed by atoms with Gasteiger partial charge >= 0.3 is 0 Å². The molecular weight excluding hydrogens is 408 g/mol. The number of carbonyl (C=O) groups excluding carboxylic acids is 1. The summed E-state index contributed by atoms with van der Waals surface area (Å²) in [4.78, 5) is 15.8. The molecule has 4 rings (SSSR count). The summed E-state index contributed by atoms with van der Waals surface area (Å²) in [7, 11) is -3.64. The van der Waals surface area contributed by atoms with Gasteiger partial charge in [-0.1, -0.05) is 18.2 Å². The van der Waals surface area contributed by atoms with Gasteiger partial charge in [0.2, 0.25) is 5.91 Å². The molecule has 1 atom stereocenters. The van der Waals surface area contributed by atoms with E-state index in [0.29, 0.717) is 43.1 Å². The maximum absolute atomic E-state index is 13.1. The number of thiophene rings is 1. The van der Waals surface area contributed by atoms with Crippen molar-refractivity contribution in [3.8, 4) is 5.75 Å². The van der Waals surface area contributed by atoms with Gasteiger partial charge in [-0.15, -0.1) is 11.3 Å². The van der Waals surface area contributed by atoms with Crippen LogP contribution in [0.4, 0.5) is 0 Å². The zero-order chi connectivity index (χ0) is 20.6. The van der Waals surface area contributed by atoms with Crippen molar-refractivity contribution in [1.29, 1.82) is 0 Å². The first-order valence-corrected chi connectivity index (χ1v) is 12.0. The fourth-order valence-electron chi connectivity index (χ4n) is 3.96. The van der Waals surface area contributed by atoms with Crippen LogP contribution in [0.15, 0.2) is 46.7 Å². The molecule has 1 fully saturated rings. The lowest BCUT2D eigenvalue weighted by Crippen LogP contribution is -2.48. The van der Waals surface area contributed by atoms with Gasteiger partial charge in [0, 0.05) is 24.5 Å². The Hall–Kier alpha value is -2.16. The number of hydrogen-bond donors (Lipinski definition) is 1. The molecule has 1 aromatic heterocycles. The highest BCUT2D eigenvalue weighted by atomic mass is 32.2. The zero-order valence-corrected chi connectivity index (χ0v) is 17.9. The van der Waals surface area contributed by atoms with E-state index in [1.54, 1.807) is 29.2 Å². The SMILES string of the molecule is Cc1ccc(S(=O)(=O)N2CCCC2C(=O)N2CC=C(c3ccc(O)cc3)CC2)s1. The Balaban J connectivity index is 1.49. The number of sulfonamides is 1. The molecule has 0 radical (unpaired) electrons. The summed E-state index contributed by atoms with van der Waals surface area (Å²) >= 11 is 1.25. The molecule has 2 aliphatic heterocycles. The summed E-state index contributed by atoms with van der Waals surface area (Å²) in [5, 5.41) is 9.44. The van der Waals surface area contributed by atoms with E-state index in [2.05, 4.69) is 0 Å². The molecule has 8 heteroatoms. The van der Waals surface area contributed by atoms with Crippen LogP contribution in [-0.2, 0) is 14.8 Å². The second-order valence-electron chi connectivity index (χ2n) is 7.45. The van der Waals surface area contributed by atoms with E-state index in [9.17, 15) is 18.3 Å². The average Bonchev–Trinajstić information content (AvgIpc) is 3.38. The smallest absolute Gasteiger partial charge is 0.253 e. The minimum absolute atomic E-state index is 0.111. The Kier molecular flexibility index (Phi) is 5.50. The van der Waals surface area contributed by atoms with Gasteiger partial charge in [0.05, 0.1) is 0 Å². The first-order valence-electron chi connectivity index (χ1n) is 9.72. The quantitative estimate of drug-likeness (QED) is 0.805. The van der Waals surface area contributed by atoms with E-state index in [1.165, 1.54) is 15.6 Å². The van der Waals surface area contributed by atoms with Crippen LogP contribution in [-0.4, -0.2) is 54.3 Å². The van der Waals surface area contributed by atoms with Gasteiger partial charge in [-0.2, -0.15) is 4.31 Å². The number of carbonyl (C=O) groups is 1. The Morgan fingerprint density at radius 2 is 1.90 bits per heavy atom. The maximum Gasteiger partial charge on any atom is 0.253 e. The van der Waals surface area contributed by atoms with Crippen molar-refractivity contribution in [3.05, 3.63) is 52.9 Å². The second kappa shape index (κ2) is 7.93. The van der Waals surface area contributed by atoms with Gasteiger partial charge < -0.3 is 10.0 Å². The molecule has 6 nitrogen and oxygen atoms in total. The average molecular weight is 433 g/mol. The Labute approximate surface area is 175 Å². The number of rotatable bonds is 4. The molecule has 29 heavy (non-hydrogen) atoms. The van der Waals surface area contributed by atoms with Crippen LogP contribution in [0.1, 0.15) is 29.7 Å². The molecule has 154 valence electrons. The van der Waals surface area contributed by atoms with E-state index in [-0.39, 0.29) is 11.7 Å². The fourth-order valence-corrected chi connectivity index (χ4v) is 7.02. The van der Waals surface area contributed by atoms with Crippen LogP contribution in [0.2, 0.25) is 0 Å². The van der Waals surface area contributed by atoms with Crippen molar-refractivity contribution in [2.45, 2.75) is 36.4 Å². The van der Waals surface area contributed by atoms with E-state index in [1.807, 2.05) is 25.1 Å². The van der Waals surface area contributed by atoms with Gasteiger partial charge in [-0.3, -0.25) is 4.79 Å². The third kappa shape index (κ3) is 3.97. The summed E-state index contributed by atoms with van der Waals surface area (Å²) in [6, 6.07) is 9.85. The molecule has 0 spiro atoms. The van der Waals surface area contributed by atoms with Gasteiger partial charge in [-0.05, 0) is 61.6 Å². The molecule has 0 saturated carbocycles. The molecule has 0 aliphatic carbocycles. The number of aryl methyl sites for hydroxylation is 1. The van der Waals surface area contributed by atoms with E-state index < -0.39 is 16.1 Å². The first kappa shape index (κ1) is 20.1. The van der Waals surface area contributed by atoms with Crippen molar-refractivity contribution in [3.63, 3.8) is 0 Å². The zero-order valence-electron chi connectivity index (χ0n) is 16.2. The largest absolute Gasteiger partial charge is 0.508 e. The second-order valence-corrected chi connectivity index (χ2v) is 10.9. The van der Waals surface area contributed by atoms with Crippen LogP contribution in [0, 0.1) is 6.92 Å². The third-order valence-electron chi connectivity index (χ3n) is 5.53. The van der Waals surface area contributed by atoms with Gasteiger partial charge in [0.1, 0.15) is 16.0 Å². The number of phenolic OH excluding ortho intramolecular Hbond substituents is 1. The van der Waals surface area contributed by atoms with Gasteiger partial charge in [-0.25, -0.2) is 8.42 Å². The minimum Gasteiger partial charge on any atom is -0.508 e. The fraction of sp³-hybridized carbons (Fsp3) is 0.381. The molecule has 1 unspecified atom stereocenters. The third-order valence-corrected chi connectivity index (χ3v) is 8.90. The maximum atomic E-state index is 13.1. The van der Waals surface area contributed by atoms with Crippen LogP contribution >= 0.6 is 11.3 Å². The molecular formula is C21H24N2O4S2. The first-order chi connectivity index (χ1) is 13.9. The predicted octanol–water partition coefficient (Wildman–Crippen LogP) is 3.23.